The van der Waals surface area contributed by atoms with Crippen molar-refractivity contribution in [1.82, 2.24) is 4.72 Å². The molecule has 0 atom stereocenters. The Balaban J connectivity index is 2.68. The third kappa shape index (κ3) is 6.27. The van der Waals surface area contributed by atoms with Crippen molar-refractivity contribution in [3.63, 3.8) is 0 Å². The van der Waals surface area contributed by atoms with Gasteiger partial charge in [-0.15, -0.1) is 0 Å². The molecule has 3 heteroatoms. The minimum Gasteiger partial charge on any atom is -0.305 e. The molecule has 0 bridgehead atoms. The van der Waals surface area contributed by atoms with Gasteiger partial charge in [-0.1, -0.05) is 0 Å². The van der Waals surface area contributed by atoms with Gasteiger partial charge in [0.25, 0.3) is 0 Å². The first kappa shape index (κ1) is 7.27. The first-order valence-corrected chi connectivity index (χ1v) is 2.96. The molecule has 0 aliphatic rings. The standard InChI is InChI=1S/C4H11NOS/c1-4(2)5-7-6-3/h4-5H,1-3H3. The fraction of sp³-hybridized carbons (Fsp3) is 1.00. The van der Waals surface area contributed by atoms with E-state index in [4.69, 9.17) is 0 Å². The van der Waals surface area contributed by atoms with Gasteiger partial charge in [-0.25, -0.2) is 4.72 Å². The van der Waals surface area contributed by atoms with Crippen molar-refractivity contribution in [2.75, 3.05) is 7.11 Å². The number of hydrogen-bond acceptors (Lipinski definition) is 3. The summed E-state index contributed by atoms with van der Waals surface area (Å²) in [6.07, 6.45) is 0. The normalized spacial score (nSPS) is 10.3. The zero-order valence-corrected chi connectivity index (χ0v) is 5.71. The van der Waals surface area contributed by atoms with Gasteiger partial charge in [0.15, 0.2) is 0 Å². The molecule has 0 aliphatic carbocycles. The second kappa shape index (κ2) is 4.43. The minimum absolute atomic E-state index is 0.491. The summed E-state index contributed by atoms with van der Waals surface area (Å²) in [5, 5.41) is 0. The highest BCUT2D eigenvalue weighted by atomic mass is 32.2. The lowest BCUT2D eigenvalue weighted by Gasteiger charge is -2.01. The Hall–Kier alpha value is 0.270. The van der Waals surface area contributed by atoms with Crippen LogP contribution in [0.4, 0.5) is 0 Å². The average Bonchev–Trinajstić information content (AvgIpc) is 1.61. The van der Waals surface area contributed by atoms with E-state index in [9.17, 15) is 0 Å². The topological polar surface area (TPSA) is 21.3 Å². The second-order valence-electron chi connectivity index (χ2n) is 1.52. The maximum Gasteiger partial charge on any atom is 0.0788 e. The van der Waals surface area contributed by atoms with Crippen LogP contribution in [-0.4, -0.2) is 13.2 Å². The van der Waals surface area contributed by atoms with Gasteiger partial charge in [0.1, 0.15) is 0 Å². The summed E-state index contributed by atoms with van der Waals surface area (Å²) in [6, 6.07) is 0.491. The summed E-state index contributed by atoms with van der Waals surface area (Å²) in [7, 11) is 1.64. The number of nitrogens with one attached hydrogen (secondary N) is 1. The summed E-state index contributed by atoms with van der Waals surface area (Å²) in [6.45, 7) is 4.12. The van der Waals surface area contributed by atoms with Crippen molar-refractivity contribution in [2.45, 2.75) is 19.9 Å². The number of rotatable bonds is 3. The second-order valence-corrected chi connectivity index (χ2v) is 2.26. The van der Waals surface area contributed by atoms with Gasteiger partial charge in [-0.05, 0) is 13.8 Å². The Labute approximate surface area is 49.0 Å². The molecule has 0 heterocycles. The Morgan fingerprint density at radius 3 is 2.29 bits per heavy atom. The Bertz CT molecular complexity index is 40.7. The van der Waals surface area contributed by atoms with Crippen LogP contribution in [-0.2, 0) is 4.18 Å². The van der Waals surface area contributed by atoms with Crippen LogP contribution in [0.1, 0.15) is 13.8 Å². The molecule has 0 amide bonds. The molecule has 0 radical (unpaired) electrons. The molecule has 0 rings (SSSR count). The largest absolute Gasteiger partial charge is 0.305 e. The molecule has 1 N–H and O–H groups in total. The van der Waals surface area contributed by atoms with Crippen LogP contribution in [0.25, 0.3) is 0 Å². The van der Waals surface area contributed by atoms with Crippen molar-refractivity contribution in [3.8, 4) is 0 Å². The molecule has 0 saturated heterocycles. The van der Waals surface area contributed by atoms with Crippen LogP contribution in [0, 0.1) is 0 Å². The van der Waals surface area contributed by atoms with Gasteiger partial charge < -0.3 is 4.18 Å². The van der Waals surface area contributed by atoms with Crippen LogP contribution in [0.5, 0.6) is 0 Å². The monoisotopic (exact) mass is 121 g/mol. The van der Waals surface area contributed by atoms with Crippen LogP contribution >= 0.6 is 12.2 Å². The highest BCUT2D eigenvalue weighted by Crippen LogP contribution is 1.92. The minimum atomic E-state index is 0.491. The summed E-state index contributed by atoms with van der Waals surface area (Å²) >= 11 is 1.27. The quantitative estimate of drug-likeness (QED) is 0.447. The molecule has 0 aromatic rings. The third-order valence-electron chi connectivity index (χ3n) is 0.367. The smallest absolute Gasteiger partial charge is 0.0788 e. The van der Waals surface area contributed by atoms with E-state index in [0.29, 0.717) is 6.04 Å². The van der Waals surface area contributed by atoms with Crippen molar-refractivity contribution in [3.05, 3.63) is 0 Å². The molecule has 0 aromatic carbocycles. The van der Waals surface area contributed by atoms with Gasteiger partial charge in [-0.2, -0.15) is 0 Å². The highest BCUT2D eigenvalue weighted by molar-refractivity contribution is 7.92. The van der Waals surface area contributed by atoms with Crippen molar-refractivity contribution in [1.29, 1.82) is 0 Å². The maximum absolute atomic E-state index is 4.66. The fourth-order valence-corrected chi connectivity index (χ4v) is 0.433. The van der Waals surface area contributed by atoms with E-state index in [0.717, 1.165) is 0 Å². The molecule has 44 valence electrons. The summed E-state index contributed by atoms with van der Waals surface area (Å²) in [5.74, 6) is 0. The molecule has 0 fully saturated rings. The van der Waals surface area contributed by atoms with E-state index in [-0.39, 0.29) is 0 Å². The van der Waals surface area contributed by atoms with Crippen LogP contribution in [0.2, 0.25) is 0 Å². The highest BCUT2D eigenvalue weighted by Gasteiger charge is 1.87. The molecule has 7 heavy (non-hydrogen) atoms. The van der Waals surface area contributed by atoms with E-state index in [1.54, 1.807) is 7.11 Å². The average molecular weight is 121 g/mol. The predicted molar refractivity (Wildman–Crippen MR) is 32.9 cm³/mol. The summed E-state index contributed by atoms with van der Waals surface area (Å²) < 4.78 is 7.65. The van der Waals surface area contributed by atoms with Gasteiger partial charge in [0.05, 0.1) is 19.3 Å². The van der Waals surface area contributed by atoms with Gasteiger partial charge in [-0.3, -0.25) is 0 Å². The molecular formula is C4H11NOS. The van der Waals surface area contributed by atoms with Gasteiger partial charge >= 0.3 is 0 Å². The number of hydrogen-bond donors (Lipinski definition) is 1. The Morgan fingerprint density at radius 1 is 1.57 bits per heavy atom. The zero-order chi connectivity index (χ0) is 5.70. The molecule has 2 nitrogen and oxygen atoms in total. The SMILES string of the molecule is COSNC(C)C. The van der Waals surface area contributed by atoms with Gasteiger partial charge in [0.2, 0.25) is 0 Å². The van der Waals surface area contributed by atoms with Crippen LogP contribution in [0.3, 0.4) is 0 Å². The maximum atomic E-state index is 4.66. The lowest BCUT2D eigenvalue weighted by molar-refractivity contribution is 0.479. The summed E-state index contributed by atoms with van der Waals surface area (Å²) in [5.41, 5.74) is 0. The lowest BCUT2D eigenvalue weighted by atomic mass is 10.4. The Kier molecular flexibility index (Phi) is 4.60. The van der Waals surface area contributed by atoms with Crippen LogP contribution < -0.4 is 4.72 Å². The first-order chi connectivity index (χ1) is 3.27. The molecular weight excluding hydrogens is 110 g/mol. The predicted octanol–water partition coefficient (Wildman–Crippen LogP) is 1.19. The zero-order valence-electron chi connectivity index (χ0n) is 4.89. The molecule has 0 saturated carbocycles. The van der Waals surface area contributed by atoms with Crippen molar-refractivity contribution in [2.24, 2.45) is 0 Å². The lowest BCUT2D eigenvalue weighted by Crippen LogP contribution is -2.13. The molecule has 0 unspecified atom stereocenters. The van der Waals surface area contributed by atoms with E-state index in [2.05, 4.69) is 22.8 Å². The first-order valence-electron chi connectivity index (χ1n) is 2.22. The molecule has 0 aliphatic heterocycles. The van der Waals surface area contributed by atoms with E-state index in [1.165, 1.54) is 12.2 Å². The fourth-order valence-electron chi connectivity index (χ4n) is 0.144. The van der Waals surface area contributed by atoms with E-state index < -0.39 is 0 Å². The summed E-state index contributed by atoms with van der Waals surface area (Å²) in [4.78, 5) is 0. The third-order valence-corrected chi connectivity index (χ3v) is 1.10. The molecule has 0 aromatic heterocycles. The van der Waals surface area contributed by atoms with Crippen molar-refractivity contribution < 1.29 is 4.18 Å². The Morgan fingerprint density at radius 2 is 2.14 bits per heavy atom. The van der Waals surface area contributed by atoms with E-state index >= 15 is 0 Å². The van der Waals surface area contributed by atoms with Crippen LogP contribution in [0.15, 0.2) is 0 Å². The molecule has 0 spiro atoms. The van der Waals surface area contributed by atoms with E-state index in [1.807, 2.05) is 0 Å². The van der Waals surface area contributed by atoms with Crippen molar-refractivity contribution >= 4 is 12.2 Å². The van der Waals surface area contributed by atoms with Gasteiger partial charge in [0, 0.05) is 6.04 Å².